The molecule has 0 spiro atoms. The van der Waals surface area contributed by atoms with Crippen molar-refractivity contribution >= 4 is 18.0 Å². The lowest BCUT2D eigenvalue weighted by Gasteiger charge is -2.30. The predicted molar refractivity (Wildman–Crippen MR) is 141 cm³/mol. The van der Waals surface area contributed by atoms with Gasteiger partial charge in [0.1, 0.15) is 5.75 Å². The van der Waals surface area contributed by atoms with Crippen molar-refractivity contribution in [2.45, 2.75) is 37.8 Å². The molecule has 1 heterocycles. The number of nitrogens with two attached hydrogens (primary N) is 1. The molecular formula is C28H30FN5O3. The first-order valence-corrected chi connectivity index (χ1v) is 12.1. The maximum Gasteiger partial charge on any atom is 0.243 e. The second-order valence-electron chi connectivity index (χ2n) is 8.82. The van der Waals surface area contributed by atoms with Gasteiger partial charge in [-0.1, -0.05) is 30.8 Å². The molecule has 1 saturated carbocycles. The Morgan fingerprint density at radius 2 is 1.86 bits per heavy atom. The van der Waals surface area contributed by atoms with Crippen LogP contribution in [0.25, 0.3) is 11.1 Å². The number of rotatable bonds is 9. The number of carbonyl (C=O) groups is 2. The molecule has 0 aliphatic heterocycles. The SMILES string of the molecule is C=CC(=O)NC1CCC(n2cc(-c3ccc(Oc4ccccc4F)cc3)c(/C(N)=N\NC)c2C=O)CC1. The zero-order valence-electron chi connectivity index (χ0n) is 20.6. The minimum atomic E-state index is -0.448. The number of para-hydroxylation sites is 1. The fourth-order valence-electron chi connectivity index (χ4n) is 4.74. The van der Waals surface area contributed by atoms with E-state index in [2.05, 4.69) is 22.4 Å². The molecule has 0 radical (unpaired) electrons. The number of amides is 1. The van der Waals surface area contributed by atoms with E-state index in [0.29, 0.717) is 17.0 Å². The van der Waals surface area contributed by atoms with Crippen LogP contribution in [0.2, 0.25) is 0 Å². The molecule has 0 bridgehead atoms. The Bertz CT molecular complexity index is 1310. The van der Waals surface area contributed by atoms with E-state index >= 15 is 0 Å². The summed E-state index contributed by atoms with van der Waals surface area (Å²) < 4.78 is 21.6. The molecular weight excluding hydrogens is 473 g/mol. The number of nitrogens with one attached hydrogen (secondary N) is 2. The molecule has 0 unspecified atom stereocenters. The second-order valence-corrected chi connectivity index (χ2v) is 8.82. The number of hydrazone groups is 1. The molecule has 2 aromatic carbocycles. The van der Waals surface area contributed by atoms with Crippen molar-refractivity contribution in [1.82, 2.24) is 15.3 Å². The summed E-state index contributed by atoms with van der Waals surface area (Å²) in [6, 6.07) is 13.5. The Morgan fingerprint density at radius 1 is 1.16 bits per heavy atom. The molecule has 3 aromatic rings. The Labute approximate surface area is 215 Å². The van der Waals surface area contributed by atoms with Gasteiger partial charge in [0.25, 0.3) is 0 Å². The Hall–Kier alpha value is -4.40. The Morgan fingerprint density at radius 3 is 2.49 bits per heavy atom. The van der Waals surface area contributed by atoms with E-state index in [4.69, 9.17) is 10.5 Å². The molecule has 9 heteroatoms. The largest absolute Gasteiger partial charge is 0.454 e. The molecule has 8 nitrogen and oxygen atoms in total. The van der Waals surface area contributed by atoms with E-state index in [1.165, 1.54) is 12.1 Å². The van der Waals surface area contributed by atoms with Crippen molar-refractivity contribution in [2.24, 2.45) is 10.8 Å². The van der Waals surface area contributed by atoms with Gasteiger partial charge >= 0.3 is 0 Å². The van der Waals surface area contributed by atoms with Crippen LogP contribution in [0.5, 0.6) is 11.5 Å². The second kappa shape index (κ2) is 11.6. The van der Waals surface area contributed by atoms with Crippen molar-refractivity contribution in [3.8, 4) is 22.6 Å². The summed E-state index contributed by atoms with van der Waals surface area (Å²) in [5.41, 5.74) is 11.5. The molecule has 1 fully saturated rings. The van der Waals surface area contributed by atoms with Crippen molar-refractivity contribution in [2.75, 3.05) is 7.05 Å². The Kier molecular flexibility index (Phi) is 8.02. The van der Waals surface area contributed by atoms with Crippen molar-refractivity contribution < 1.29 is 18.7 Å². The maximum absolute atomic E-state index is 14.0. The lowest BCUT2D eigenvalue weighted by atomic mass is 9.90. The smallest absolute Gasteiger partial charge is 0.243 e. The lowest BCUT2D eigenvalue weighted by molar-refractivity contribution is -0.117. The zero-order chi connectivity index (χ0) is 26.4. The van der Waals surface area contributed by atoms with Gasteiger partial charge in [0.2, 0.25) is 5.91 Å². The topological polar surface area (TPSA) is 111 Å². The summed E-state index contributed by atoms with van der Waals surface area (Å²) >= 11 is 0. The molecule has 192 valence electrons. The number of ether oxygens (including phenoxy) is 1. The molecule has 0 atom stereocenters. The van der Waals surface area contributed by atoms with E-state index < -0.39 is 5.82 Å². The highest BCUT2D eigenvalue weighted by molar-refractivity contribution is 6.08. The highest BCUT2D eigenvalue weighted by atomic mass is 19.1. The van der Waals surface area contributed by atoms with Crippen LogP contribution < -0.4 is 21.2 Å². The first-order chi connectivity index (χ1) is 17.9. The first kappa shape index (κ1) is 25.7. The van der Waals surface area contributed by atoms with E-state index in [1.807, 2.05) is 22.9 Å². The van der Waals surface area contributed by atoms with Gasteiger partial charge < -0.3 is 25.8 Å². The number of carbonyl (C=O) groups excluding carboxylic acids is 2. The number of benzene rings is 2. The fraction of sp³-hybridized carbons (Fsp3) is 0.250. The van der Waals surface area contributed by atoms with Crippen LogP contribution >= 0.6 is 0 Å². The van der Waals surface area contributed by atoms with Crippen LogP contribution in [0, 0.1) is 5.82 Å². The third-order valence-corrected chi connectivity index (χ3v) is 6.52. The average molecular weight is 504 g/mol. The maximum atomic E-state index is 14.0. The number of halogens is 1. The van der Waals surface area contributed by atoms with Crippen molar-refractivity contribution in [1.29, 1.82) is 0 Å². The van der Waals surface area contributed by atoms with Crippen LogP contribution in [-0.4, -0.2) is 35.7 Å². The van der Waals surface area contributed by atoms with E-state index in [-0.39, 0.29) is 29.6 Å². The minimum absolute atomic E-state index is 0.0654. The Balaban J connectivity index is 1.65. The number of nitrogens with zero attached hydrogens (tertiary/aromatic N) is 2. The standard InChI is InChI=1S/C28H30FN5O3/c1-3-26(36)32-19-10-12-20(13-11-19)34-16-22(27(24(34)17-35)28(30)33-31-2)18-8-14-21(15-9-18)37-25-7-5-4-6-23(25)29/h3-9,14-17,19-20,31H,1,10-13H2,2H3,(H2,30,33)(H,32,36). The summed E-state index contributed by atoms with van der Waals surface area (Å²) in [6.07, 6.45) is 7.15. The third-order valence-electron chi connectivity index (χ3n) is 6.52. The molecule has 1 aliphatic rings. The predicted octanol–water partition coefficient (Wildman–Crippen LogP) is 4.52. The van der Waals surface area contributed by atoms with Crippen LogP contribution in [0.15, 0.2) is 72.5 Å². The minimum Gasteiger partial charge on any atom is -0.454 e. The number of aldehydes is 1. The summed E-state index contributed by atoms with van der Waals surface area (Å²) in [6.45, 7) is 3.51. The molecule has 1 aromatic heterocycles. The summed E-state index contributed by atoms with van der Waals surface area (Å²) in [7, 11) is 1.64. The van der Waals surface area contributed by atoms with Gasteiger partial charge in [-0.05, 0) is 61.6 Å². The van der Waals surface area contributed by atoms with Crippen LogP contribution in [0.4, 0.5) is 4.39 Å². The average Bonchev–Trinajstić information content (AvgIpc) is 3.31. The number of hydrogen-bond acceptors (Lipinski definition) is 5. The van der Waals surface area contributed by atoms with Gasteiger partial charge in [-0.2, -0.15) is 5.10 Å². The van der Waals surface area contributed by atoms with E-state index in [0.717, 1.165) is 43.1 Å². The molecule has 4 N–H and O–H groups in total. The van der Waals surface area contributed by atoms with Crippen molar-refractivity contribution in [3.63, 3.8) is 0 Å². The van der Waals surface area contributed by atoms with Gasteiger partial charge in [-0.25, -0.2) is 4.39 Å². The number of hydrogen-bond donors (Lipinski definition) is 3. The number of amidine groups is 1. The van der Waals surface area contributed by atoms with Gasteiger partial charge in [-0.15, -0.1) is 0 Å². The normalized spacial score (nSPS) is 17.6. The monoisotopic (exact) mass is 503 g/mol. The lowest BCUT2D eigenvalue weighted by Crippen LogP contribution is -2.37. The molecule has 1 aliphatic carbocycles. The van der Waals surface area contributed by atoms with E-state index in [9.17, 15) is 14.0 Å². The van der Waals surface area contributed by atoms with E-state index in [1.54, 1.807) is 37.4 Å². The van der Waals surface area contributed by atoms with Crippen LogP contribution in [0.3, 0.4) is 0 Å². The summed E-state index contributed by atoms with van der Waals surface area (Å²) in [5.74, 6) is 0.173. The molecule has 1 amide bonds. The van der Waals surface area contributed by atoms with Gasteiger partial charge in [-0.3, -0.25) is 9.59 Å². The first-order valence-electron chi connectivity index (χ1n) is 12.1. The van der Waals surface area contributed by atoms with Crippen LogP contribution in [0.1, 0.15) is 47.8 Å². The van der Waals surface area contributed by atoms with Crippen LogP contribution in [-0.2, 0) is 4.79 Å². The highest BCUT2D eigenvalue weighted by Crippen LogP contribution is 2.36. The molecule has 4 rings (SSSR count). The number of aromatic nitrogens is 1. The van der Waals surface area contributed by atoms with Gasteiger partial charge in [0, 0.05) is 30.9 Å². The zero-order valence-corrected chi connectivity index (χ0v) is 20.6. The van der Waals surface area contributed by atoms with Gasteiger partial charge in [0.15, 0.2) is 23.7 Å². The third kappa shape index (κ3) is 5.72. The van der Waals surface area contributed by atoms with Gasteiger partial charge in [0.05, 0.1) is 11.3 Å². The molecule has 0 saturated heterocycles. The fourth-order valence-corrected chi connectivity index (χ4v) is 4.74. The highest BCUT2D eigenvalue weighted by Gasteiger charge is 2.28. The molecule has 37 heavy (non-hydrogen) atoms. The summed E-state index contributed by atoms with van der Waals surface area (Å²) in [5, 5.41) is 7.09. The summed E-state index contributed by atoms with van der Waals surface area (Å²) in [4.78, 5) is 24.0. The quantitative estimate of drug-likeness (QED) is 0.131. The van der Waals surface area contributed by atoms with Crippen molar-refractivity contribution in [3.05, 3.63) is 84.5 Å².